The van der Waals surface area contributed by atoms with Crippen LogP contribution in [0.1, 0.15) is 17.5 Å². The van der Waals surface area contributed by atoms with Crippen molar-refractivity contribution in [2.75, 3.05) is 13.7 Å². The van der Waals surface area contributed by atoms with Crippen LogP contribution in [-0.4, -0.2) is 32.3 Å². The SMILES string of the molecule is COC(=O)[C@]1(c2ccccc2)CCN1S(=O)(=O)c1ccc(C)cc1. The Bertz CT molecular complexity index is 846. The van der Waals surface area contributed by atoms with E-state index in [0.717, 1.165) is 5.56 Å². The molecule has 126 valence electrons. The second kappa shape index (κ2) is 6.03. The van der Waals surface area contributed by atoms with Gasteiger partial charge in [0.05, 0.1) is 12.0 Å². The Morgan fingerprint density at radius 1 is 1.08 bits per heavy atom. The first kappa shape index (κ1) is 16.7. The fourth-order valence-corrected chi connectivity index (χ4v) is 4.83. The van der Waals surface area contributed by atoms with E-state index in [0.29, 0.717) is 12.0 Å². The van der Waals surface area contributed by atoms with Crippen molar-refractivity contribution in [3.05, 3.63) is 65.7 Å². The van der Waals surface area contributed by atoms with Gasteiger partial charge in [0.25, 0.3) is 0 Å². The Morgan fingerprint density at radius 3 is 2.21 bits per heavy atom. The third-order valence-corrected chi connectivity index (χ3v) is 6.43. The van der Waals surface area contributed by atoms with Gasteiger partial charge in [-0.25, -0.2) is 13.2 Å². The average molecular weight is 345 g/mol. The van der Waals surface area contributed by atoms with Crippen molar-refractivity contribution in [1.82, 2.24) is 4.31 Å². The maximum absolute atomic E-state index is 13.1. The Hall–Kier alpha value is -2.18. The molecule has 6 heteroatoms. The predicted molar refractivity (Wildman–Crippen MR) is 89.8 cm³/mol. The van der Waals surface area contributed by atoms with E-state index >= 15 is 0 Å². The summed E-state index contributed by atoms with van der Waals surface area (Å²) in [6.45, 7) is 2.17. The van der Waals surface area contributed by atoms with E-state index < -0.39 is 21.5 Å². The van der Waals surface area contributed by atoms with Crippen LogP contribution >= 0.6 is 0 Å². The molecule has 0 spiro atoms. The molecule has 1 saturated heterocycles. The molecule has 1 fully saturated rings. The molecular weight excluding hydrogens is 326 g/mol. The quantitative estimate of drug-likeness (QED) is 0.799. The van der Waals surface area contributed by atoms with Gasteiger partial charge in [-0.1, -0.05) is 48.0 Å². The lowest BCUT2D eigenvalue weighted by molar-refractivity contribution is -0.159. The topological polar surface area (TPSA) is 63.7 Å². The van der Waals surface area contributed by atoms with Crippen LogP contribution in [0.3, 0.4) is 0 Å². The number of hydrogen-bond acceptors (Lipinski definition) is 4. The number of nitrogens with zero attached hydrogens (tertiary/aromatic N) is 1. The van der Waals surface area contributed by atoms with Gasteiger partial charge in [-0.2, -0.15) is 4.31 Å². The number of ether oxygens (including phenoxy) is 1. The first-order chi connectivity index (χ1) is 11.4. The number of rotatable bonds is 4. The van der Waals surface area contributed by atoms with Crippen molar-refractivity contribution in [3.8, 4) is 0 Å². The molecule has 24 heavy (non-hydrogen) atoms. The van der Waals surface area contributed by atoms with Crippen LogP contribution in [-0.2, 0) is 25.1 Å². The van der Waals surface area contributed by atoms with Crippen molar-refractivity contribution in [2.45, 2.75) is 23.8 Å². The lowest BCUT2D eigenvalue weighted by Crippen LogP contribution is -2.64. The van der Waals surface area contributed by atoms with Crippen molar-refractivity contribution >= 4 is 16.0 Å². The van der Waals surface area contributed by atoms with E-state index in [9.17, 15) is 13.2 Å². The minimum atomic E-state index is -3.80. The van der Waals surface area contributed by atoms with Gasteiger partial charge in [-0.05, 0) is 31.0 Å². The predicted octanol–water partition coefficient (Wildman–Crippen LogP) is 2.46. The fourth-order valence-electron chi connectivity index (χ4n) is 3.08. The number of carbonyl (C=O) groups excluding carboxylic acids is 1. The molecule has 1 aliphatic heterocycles. The van der Waals surface area contributed by atoms with Gasteiger partial charge in [0.1, 0.15) is 0 Å². The molecular formula is C18H19NO4S. The van der Waals surface area contributed by atoms with Gasteiger partial charge >= 0.3 is 5.97 Å². The molecule has 0 aromatic heterocycles. The molecule has 3 rings (SSSR count). The zero-order valence-electron chi connectivity index (χ0n) is 13.6. The van der Waals surface area contributed by atoms with Crippen LogP contribution in [0.15, 0.2) is 59.5 Å². The minimum Gasteiger partial charge on any atom is -0.467 e. The second-order valence-electron chi connectivity index (χ2n) is 5.86. The zero-order chi connectivity index (χ0) is 17.4. The highest BCUT2D eigenvalue weighted by molar-refractivity contribution is 7.89. The summed E-state index contributed by atoms with van der Waals surface area (Å²) in [6, 6.07) is 15.5. The number of benzene rings is 2. The summed E-state index contributed by atoms with van der Waals surface area (Å²) >= 11 is 0. The van der Waals surface area contributed by atoms with E-state index in [4.69, 9.17) is 4.74 Å². The monoisotopic (exact) mass is 345 g/mol. The van der Waals surface area contributed by atoms with Crippen LogP contribution in [0.4, 0.5) is 0 Å². The van der Waals surface area contributed by atoms with Crippen LogP contribution in [0.5, 0.6) is 0 Å². The van der Waals surface area contributed by atoms with Gasteiger partial charge < -0.3 is 4.74 Å². The second-order valence-corrected chi connectivity index (χ2v) is 7.72. The normalized spacial score (nSPS) is 21.1. The van der Waals surface area contributed by atoms with Gasteiger partial charge in [0, 0.05) is 6.54 Å². The molecule has 0 unspecified atom stereocenters. The third-order valence-electron chi connectivity index (χ3n) is 4.49. The molecule has 2 aromatic carbocycles. The maximum atomic E-state index is 13.1. The van der Waals surface area contributed by atoms with Gasteiger partial charge in [-0.3, -0.25) is 0 Å². The largest absolute Gasteiger partial charge is 0.467 e. The van der Waals surface area contributed by atoms with Crippen LogP contribution in [0.2, 0.25) is 0 Å². The summed E-state index contributed by atoms with van der Waals surface area (Å²) in [5, 5.41) is 0. The Labute approximate surface area is 141 Å². The highest BCUT2D eigenvalue weighted by atomic mass is 32.2. The number of hydrogen-bond donors (Lipinski definition) is 0. The zero-order valence-corrected chi connectivity index (χ0v) is 14.4. The van der Waals surface area contributed by atoms with Crippen molar-refractivity contribution < 1.29 is 17.9 Å². The molecule has 1 atom stereocenters. The van der Waals surface area contributed by atoms with Crippen LogP contribution in [0, 0.1) is 6.92 Å². The molecule has 2 aromatic rings. The number of aryl methyl sites for hydroxylation is 1. The van der Waals surface area contributed by atoms with Crippen LogP contribution in [0.25, 0.3) is 0 Å². The summed E-state index contributed by atoms with van der Waals surface area (Å²) < 4.78 is 32.3. The van der Waals surface area contributed by atoms with E-state index in [1.54, 1.807) is 48.5 Å². The van der Waals surface area contributed by atoms with Gasteiger partial charge in [0.2, 0.25) is 10.0 Å². The Morgan fingerprint density at radius 2 is 1.71 bits per heavy atom. The Kier molecular flexibility index (Phi) is 4.19. The van der Waals surface area contributed by atoms with E-state index in [1.165, 1.54) is 11.4 Å². The molecule has 5 nitrogen and oxygen atoms in total. The number of sulfonamides is 1. The smallest absolute Gasteiger partial charge is 0.332 e. The van der Waals surface area contributed by atoms with Gasteiger partial charge in [0.15, 0.2) is 5.54 Å². The summed E-state index contributed by atoms with van der Waals surface area (Å²) in [7, 11) is -2.52. The lowest BCUT2D eigenvalue weighted by atomic mass is 9.81. The van der Waals surface area contributed by atoms with Crippen molar-refractivity contribution in [2.24, 2.45) is 0 Å². The molecule has 0 saturated carbocycles. The standard InChI is InChI=1S/C18H19NO4S/c1-14-8-10-16(11-9-14)24(21,22)19-13-12-18(19,17(20)23-2)15-6-4-3-5-7-15/h3-11H,12-13H2,1-2H3/t18-/m1/s1. The first-order valence-corrected chi connectivity index (χ1v) is 9.10. The van der Waals surface area contributed by atoms with Crippen molar-refractivity contribution in [1.29, 1.82) is 0 Å². The summed E-state index contributed by atoms with van der Waals surface area (Å²) in [4.78, 5) is 12.7. The summed E-state index contributed by atoms with van der Waals surface area (Å²) in [6.07, 6.45) is 0.398. The van der Waals surface area contributed by atoms with Gasteiger partial charge in [-0.15, -0.1) is 0 Å². The van der Waals surface area contributed by atoms with E-state index in [-0.39, 0.29) is 11.4 Å². The molecule has 0 bridgehead atoms. The van der Waals surface area contributed by atoms with Crippen LogP contribution < -0.4 is 0 Å². The minimum absolute atomic E-state index is 0.178. The van der Waals surface area contributed by atoms with Crippen molar-refractivity contribution in [3.63, 3.8) is 0 Å². The average Bonchev–Trinajstić information content (AvgIpc) is 2.55. The molecule has 0 amide bonds. The molecule has 1 heterocycles. The third kappa shape index (κ3) is 2.42. The molecule has 0 N–H and O–H groups in total. The number of carbonyl (C=O) groups is 1. The number of methoxy groups -OCH3 is 1. The molecule has 0 radical (unpaired) electrons. The first-order valence-electron chi connectivity index (χ1n) is 7.66. The summed E-state index contributed by atoms with van der Waals surface area (Å²) in [5.41, 5.74) is 0.304. The molecule has 1 aliphatic rings. The lowest BCUT2D eigenvalue weighted by Gasteiger charge is -2.49. The number of esters is 1. The highest BCUT2D eigenvalue weighted by Gasteiger charge is 2.58. The molecule has 0 aliphatic carbocycles. The fraction of sp³-hybridized carbons (Fsp3) is 0.278. The van der Waals surface area contributed by atoms with E-state index in [1.807, 2.05) is 13.0 Å². The van der Waals surface area contributed by atoms with E-state index in [2.05, 4.69) is 0 Å². The summed E-state index contributed by atoms with van der Waals surface area (Å²) in [5.74, 6) is -0.560. The highest BCUT2D eigenvalue weighted by Crippen LogP contribution is 2.45. The maximum Gasteiger partial charge on any atom is 0.332 e. The Balaban J connectivity index is 2.10.